The summed E-state index contributed by atoms with van der Waals surface area (Å²) < 4.78 is 68.9. The van der Waals surface area contributed by atoms with Crippen LogP contribution in [-0.4, -0.2) is 78.6 Å². The van der Waals surface area contributed by atoms with Gasteiger partial charge in [-0.3, -0.25) is 9.59 Å². The van der Waals surface area contributed by atoms with Gasteiger partial charge in [0.1, 0.15) is 11.6 Å². The minimum atomic E-state index is -4.26. The Bertz CT molecular complexity index is 1430. The molecule has 1 aromatic heterocycles. The van der Waals surface area contributed by atoms with Gasteiger partial charge in [-0.2, -0.15) is 4.31 Å². The number of hydrogen-bond donors (Lipinski definition) is 1. The van der Waals surface area contributed by atoms with E-state index in [0.717, 1.165) is 10.4 Å². The van der Waals surface area contributed by atoms with E-state index in [2.05, 4.69) is 10.3 Å². The smallest absolute Gasteiger partial charge is 0.262 e. The van der Waals surface area contributed by atoms with E-state index in [1.54, 1.807) is 11.8 Å². The van der Waals surface area contributed by atoms with Gasteiger partial charge in [-0.25, -0.2) is 26.6 Å². The fourth-order valence-electron chi connectivity index (χ4n) is 5.57. The van der Waals surface area contributed by atoms with Crippen molar-refractivity contribution in [1.29, 1.82) is 0 Å². The Morgan fingerprint density at radius 3 is 2.45 bits per heavy atom. The number of nitrogens with one attached hydrogen (secondary N) is 1. The van der Waals surface area contributed by atoms with Crippen LogP contribution in [0.25, 0.3) is 0 Å². The van der Waals surface area contributed by atoms with Crippen LogP contribution in [0.15, 0.2) is 35.2 Å². The average molecular weight is 600 g/mol. The summed E-state index contributed by atoms with van der Waals surface area (Å²) >= 11 is 6.12. The molecular formula is C26H29ClF3N5O4S. The van der Waals surface area contributed by atoms with E-state index in [1.165, 1.54) is 24.3 Å². The number of fused-ring (bicyclic) bond motifs is 2. The lowest BCUT2D eigenvalue weighted by Crippen LogP contribution is -2.55. The van der Waals surface area contributed by atoms with Crippen molar-refractivity contribution < 1.29 is 31.2 Å². The van der Waals surface area contributed by atoms with Gasteiger partial charge in [0.25, 0.3) is 11.8 Å². The molecule has 1 aromatic carbocycles. The number of amides is 2. The van der Waals surface area contributed by atoms with Crippen LogP contribution in [0, 0.1) is 5.82 Å². The Hall–Kier alpha value is -2.90. The monoisotopic (exact) mass is 599 g/mol. The Labute approximate surface area is 235 Å². The first-order valence-corrected chi connectivity index (χ1v) is 14.9. The maximum Gasteiger partial charge on any atom is 0.262 e. The van der Waals surface area contributed by atoms with E-state index >= 15 is 0 Å². The molecule has 3 fully saturated rings. The van der Waals surface area contributed by atoms with Gasteiger partial charge in [0, 0.05) is 50.6 Å². The molecule has 9 nitrogen and oxygen atoms in total. The molecule has 3 aliphatic rings. The molecular weight excluding hydrogens is 571 g/mol. The number of carbonyl (C=O) groups is 2. The second-order valence-electron chi connectivity index (χ2n) is 10.4. The summed E-state index contributed by atoms with van der Waals surface area (Å²) in [4.78, 5) is 33.2. The van der Waals surface area contributed by atoms with Crippen molar-refractivity contribution in [3.8, 4) is 0 Å². The molecule has 40 heavy (non-hydrogen) atoms. The van der Waals surface area contributed by atoms with Crippen LogP contribution >= 0.6 is 11.6 Å². The highest BCUT2D eigenvalue weighted by Gasteiger charge is 2.45. The first-order chi connectivity index (χ1) is 18.9. The second kappa shape index (κ2) is 10.8. The molecule has 4 heterocycles. The highest BCUT2D eigenvalue weighted by Crippen LogP contribution is 2.37. The minimum absolute atomic E-state index is 0.0191. The summed E-state index contributed by atoms with van der Waals surface area (Å²) in [7, 11) is -4.26. The highest BCUT2D eigenvalue weighted by atomic mass is 35.5. The number of hydrogen-bond acceptors (Lipinski definition) is 6. The zero-order valence-electron chi connectivity index (χ0n) is 21.7. The number of rotatable bonds is 7. The van der Waals surface area contributed by atoms with E-state index in [0.29, 0.717) is 31.7 Å². The third kappa shape index (κ3) is 5.64. The third-order valence-electron chi connectivity index (χ3n) is 7.59. The SMILES string of the molecule is CCC(=O)NCc1cc(S(=O)(=O)N2CCC(F)(F)C2)cc(N2C3CCC2CN(C(=O)c2ccc(F)cc2Cl)C3)n1. The molecule has 2 aromatic rings. The van der Waals surface area contributed by atoms with Crippen LogP contribution < -0.4 is 10.2 Å². The molecule has 0 saturated carbocycles. The molecule has 1 N–H and O–H groups in total. The van der Waals surface area contributed by atoms with Gasteiger partial charge >= 0.3 is 0 Å². The number of benzene rings is 1. The standard InChI is InChI=1S/C26H29ClF3N5O4S/c1-2-24(36)31-12-17-10-20(40(38,39)34-8-7-26(29,30)15-34)11-23(32-17)35-18-4-5-19(35)14-33(13-18)25(37)21-6-3-16(28)9-22(21)27/h3,6,9-11,18-19H,2,4-5,7-8,12-15H2,1H3,(H,31,36). The van der Waals surface area contributed by atoms with Gasteiger partial charge in [0.15, 0.2) is 0 Å². The van der Waals surface area contributed by atoms with E-state index in [4.69, 9.17) is 11.6 Å². The van der Waals surface area contributed by atoms with E-state index < -0.39 is 34.7 Å². The molecule has 2 amide bonds. The van der Waals surface area contributed by atoms with Gasteiger partial charge in [0.2, 0.25) is 15.9 Å². The summed E-state index contributed by atoms with van der Waals surface area (Å²) in [6.07, 6.45) is 1.10. The van der Waals surface area contributed by atoms with Crippen molar-refractivity contribution in [3.05, 3.63) is 52.4 Å². The largest absolute Gasteiger partial charge is 0.350 e. The van der Waals surface area contributed by atoms with Crippen LogP contribution in [0.2, 0.25) is 5.02 Å². The maximum absolute atomic E-state index is 13.9. The number of piperazine rings is 1. The van der Waals surface area contributed by atoms with Crippen LogP contribution in [0.3, 0.4) is 0 Å². The van der Waals surface area contributed by atoms with Crippen LogP contribution in [0.4, 0.5) is 19.0 Å². The number of likely N-dealkylation sites (tertiary alicyclic amines) is 1. The van der Waals surface area contributed by atoms with Gasteiger partial charge < -0.3 is 15.1 Å². The van der Waals surface area contributed by atoms with Crippen molar-refractivity contribution in [1.82, 2.24) is 19.5 Å². The molecule has 2 unspecified atom stereocenters. The molecule has 0 spiro atoms. The van der Waals surface area contributed by atoms with Gasteiger partial charge in [-0.1, -0.05) is 18.5 Å². The summed E-state index contributed by atoms with van der Waals surface area (Å²) in [5.41, 5.74) is 0.471. The van der Waals surface area contributed by atoms with E-state index in [1.807, 2.05) is 4.90 Å². The number of nitrogens with zero attached hydrogens (tertiary/aromatic N) is 4. The number of sulfonamides is 1. The lowest BCUT2D eigenvalue weighted by atomic mass is 10.1. The number of pyridine rings is 1. The summed E-state index contributed by atoms with van der Waals surface area (Å²) in [6, 6.07) is 5.92. The molecule has 2 bridgehead atoms. The molecule has 14 heteroatoms. The van der Waals surface area contributed by atoms with Crippen LogP contribution in [0.1, 0.15) is 48.7 Å². The normalized spacial score (nSPS) is 22.5. The van der Waals surface area contributed by atoms with Gasteiger partial charge in [0.05, 0.1) is 34.3 Å². The fourth-order valence-corrected chi connectivity index (χ4v) is 7.34. The Morgan fingerprint density at radius 2 is 1.85 bits per heavy atom. The molecule has 0 aliphatic carbocycles. The van der Waals surface area contributed by atoms with E-state index in [-0.39, 0.29) is 64.6 Å². The number of halogens is 4. The van der Waals surface area contributed by atoms with Gasteiger partial charge in [-0.05, 0) is 37.1 Å². The van der Waals surface area contributed by atoms with Crippen LogP contribution in [0.5, 0.6) is 0 Å². The molecule has 3 aliphatic heterocycles. The topological polar surface area (TPSA) is 103 Å². The Morgan fingerprint density at radius 1 is 1.15 bits per heavy atom. The summed E-state index contributed by atoms with van der Waals surface area (Å²) in [5.74, 6) is -3.88. The fraction of sp³-hybridized carbons (Fsp3) is 0.500. The predicted molar refractivity (Wildman–Crippen MR) is 141 cm³/mol. The molecule has 216 valence electrons. The summed E-state index contributed by atoms with van der Waals surface area (Å²) in [5, 5.41) is 2.71. The zero-order chi connectivity index (χ0) is 28.8. The Balaban J connectivity index is 1.44. The van der Waals surface area contributed by atoms with Crippen molar-refractivity contribution in [2.24, 2.45) is 0 Å². The summed E-state index contributed by atoms with van der Waals surface area (Å²) in [6.45, 7) is 1.07. The maximum atomic E-state index is 13.9. The quantitative estimate of drug-likeness (QED) is 0.523. The van der Waals surface area contributed by atoms with Crippen molar-refractivity contribution in [2.45, 2.75) is 62.1 Å². The van der Waals surface area contributed by atoms with Crippen molar-refractivity contribution in [2.75, 3.05) is 31.1 Å². The first-order valence-electron chi connectivity index (χ1n) is 13.1. The van der Waals surface area contributed by atoms with Crippen molar-refractivity contribution in [3.63, 3.8) is 0 Å². The van der Waals surface area contributed by atoms with Crippen LogP contribution in [-0.2, 0) is 21.4 Å². The van der Waals surface area contributed by atoms with Crippen molar-refractivity contribution >= 4 is 39.3 Å². The number of aromatic nitrogens is 1. The molecule has 0 radical (unpaired) electrons. The Kier molecular flexibility index (Phi) is 7.75. The molecule has 5 rings (SSSR count). The van der Waals surface area contributed by atoms with Gasteiger partial charge in [-0.15, -0.1) is 0 Å². The number of carbonyl (C=O) groups excluding carboxylic acids is 2. The molecule has 3 saturated heterocycles. The lowest BCUT2D eigenvalue weighted by Gasteiger charge is -2.42. The first kappa shape index (κ1) is 28.6. The average Bonchev–Trinajstić information content (AvgIpc) is 3.41. The zero-order valence-corrected chi connectivity index (χ0v) is 23.3. The number of anilines is 1. The molecule has 2 atom stereocenters. The highest BCUT2D eigenvalue weighted by molar-refractivity contribution is 7.89. The lowest BCUT2D eigenvalue weighted by molar-refractivity contribution is -0.120. The predicted octanol–water partition coefficient (Wildman–Crippen LogP) is 3.42. The second-order valence-corrected chi connectivity index (χ2v) is 12.7. The minimum Gasteiger partial charge on any atom is -0.350 e. The van der Waals surface area contributed by atoms with E-state index in [9.17, 15) is 31.2 Å². The third-order valence-corrected chi connectivity index (χ3v) is 9.73. The number of alkyl halides is 2.